The van der Waals surface area contributed by atoms with E-state index in [-0.39, 0.29) is 12.2 Å². The van der Waals surface area contributed by atoms with E-state index in [0.29, 0.717) is 11.7 Å². The fourth-order valence-electron chi connectivity index (χ4n) is 4.37. The molecule has 0 radical (unpaired) electrons. The lowest BCUT2D eigenvalue weighted by atomic mass is 10.0. The lowest BCUT2D eigenvalue weighted by Crippen LogP contribution is -2.52. The van der Waals surface area contributed by atoms with Gasteiger partial charge >= 0.3 is 0 Å². The summed E-state index contributed by atoms with van der Waals surface area (Å²) in [6.07, 6.45) is 8.15. The normalized spacial score (nSPS) is 25.4. The quantitative estimate of drug-likeness (QED) is 0.811. The van der Waals surface area contributed by atoms with Gasteiger partial charge in [-0.3, -0.25) is 0 Å². The summed E-state index contributed by atoms with van der Waals surface area (Å²) in [5.74, 6) is 0. The molecule has 0 saturated carbocycles. The number of aromatic nitrogens is 3. The van der Waals surface area contributed by atoms with Crippen LogP contribution in [0.3, 0.4) is 0 Å². The Balaban J connectivity index is 1.44. The zero-order valence-electron chi connectivity index (χ0n) is 16.6. The second kappa shape index (κ2) is 8.04. The van der Waals surface area contributed by atoms with Crippen LogP contribution in [-0.4, -0.2) is 89.8 Å². The van der Waals surface area contributed by atoms with E-state index in [0.717, 1.165) is 43.9 Å². The average molecular weight is 371 g/mol. The number of rotatable bonds is 4. The first-order valence-corrected chi connectivity index (χ1v) is 9.95. The smallest absolute Gasteiger partial charge is 0.180 e. The highest BCUT2D eigenvalue weighted by Gasteiger charge is 2.30. The van der Waals surface area contributed by atoms with E-state index in [1.165, 1.54) is 12.8 Å². The van der Waals surface area contributed by atoms with Crippen LogP contribution < -0.4 is 4.90 Å². The van der Waals surface area contributed by atoms with Crippen molar-refractivity contribution in [3.05, 3.63) is 24.7 Å². The van der Waals surface area contributed by atoms with Crippen LogP contribution in [0.5, 0.6) is 0 Å². The molecule has 2 aliphatic rings. The highest BCUT2D eigenvalue weighted by Crippen LogP contribution is 2.26. The molecule has 2 aromatic heterocycles. The molecular formula is C20H30N6O. The molecule has 2 atom stereocenters. The number of nitrogens with zero attached hydrogens (tertiary/aromatic N) is 6. The molecule has 0 unspecified atom stereocenters. The third kappa shape index (κ3) is 4.20. The first kappa shape index (κ1) is 18.5. The largest absolute Gasteiger partial charge is 0.370 e. The van der Waals surface area contributed by atoms with Crippen LogP contribution in [0.4, 0.5) is 5.69 Å². The molecule has 2 saturated heterocycles. The third-order valence-electron chi connectivity index (χ3n) is 5.77. The third-order valence-corrected chi connectivity index (χ3v) is 5.77. The molecule has 0 bridgehead atoms. The van der Waals surface area contributed by atoms with Gasteiger partial charge in [0.2, 0.25) is 0 Å². The molecule has 0 aliphatic carbocycles. The topological polar surface area (TPSA) is 57.6 Å². The number of morpholine rings is 1. The predicted molar refractivity (Wildman–Crippen MR) is 107 cm³/mol. The van der Waals surface area contributed by atoms with Gasteiger partial charge in [-0.1, -0.05) is 0 Å². The Kier molecular flexibility index (Phi) is 5.52. The summed E-state index contributed by atoms with van der Waals surface area (Å²) in [4.78, 5) is 20.5. The van der Waals surface area contributed by atoms with Gasteiger partial charge in [0.05, 0.1) is 17.9 Å². The predicted octanol–water partition coefficient (Wildman–Crippen LogP) is 1.64. The summed E-state index contributed by atoms with van der Waals surface area (Å²) in [7, 11) is 4.37. The van der Waals surface area contributed by atoms with Crippen molar-refractivity contribution in [2.75, 3.05) is 51.7 Å². The van der Waals surface area contributed by atoms with Crippen molar-refractivity contribution in [1.29, 1.82) is 0 Å². The van der Waals surface area contributed by atoms with E-state index in [1.807, 2.05) is 6.20 Å². The number of ether oxygens (including phenoxy) is 1. The Bertz CT molecular complexity index is 756. The van der Waals surface area contributed by atoms with Gasteiger partial charge in [-0.25, -0.2) is 15.0 Å². The number of anilines is 1. The standard InChI is InChI=1S/C20H30N6O/c1-15-12-26(18-4-7-22-20-19(18)21-8-9-23-20)14-17(27-15)13-25-10-5-16(6-11-25)24(2)3/h4,7-9,15-17H,5-6,10-14H2,1-3H3/t15-,17+/m1/s1. The summed E-state index contributed by atoms with van der Waals surface area (Å²) in [5.41, 5.74) is 2.69. The lowest BCUT2D eigenvalue weighted by molar-refractivity contribution is -0.0367. The van der Waals surface area contributed by atoms with E-state index in [9.17, 15) is 0 Å². The minimum Gasteiger partial charge on any atom is -0.370 e. The monoisotopic (exact) mass is 370 g/mol. The van der Waals surface area contributed by atoms with Crippen molar-refractivity contribution < 1.29 is 4.74 Å². The molecule has 7 heteroatoms. The van der Waals surface area contributed by atoms with Gasteiger partial charge in [-0.15, -0.1) is 0 Å². The van der Waals surface area contributed by atoms with Crippen molar-refractivity contribution in [2.45, 2.75) is 38.0 Å². The first-order chi connectivity index (χ1) is 13.1. The molecular weight excluding hydrogens is 340 g/mol. The fraction of sp³-hybridized carbons (Fsp3) is 0.650. The SMILES string of the molecule is C[C@@H]1CN(c2ccnc3nccnc23)C[C@H](CN2CCC(N(C)C)CC2)O1. The molecule has 2 aromatic rings. The number of hydrogen-bond acceptors (Lipinski definition) is 7. The number of pyridine rings is 1. The molecule has 0 N–H and O–H groups in total. The number of fused-ring (bicyclic) bond motifs is 1. The van der Waals surface area contributed by atoms with Crippen molar-refractivity contribution in [3.63, 3.8) is 0 Å². The van der Waals surface area contributed by atoms with E-state index >= 15 is 0 Å². The maximum atomic E-state index is 6.28. The van der Waals surface area contributed by atoms with E-state index in [2.05, 4.69) is 56.7 Å². The first-order valence-electron chi connectivity index (χ1n) is 9.95. The summed E-state index contributed by atoms with van der Waals surface area (Å²) < 4.78 is 6.28. The zero-order chi connectivity index (χ0) is 18.8. The van der Waals surface area contributed by atoms with Crippen LogP contribution in [0.2, 0.25) is 0 Å². The van der Waals surface area contributed by atoms with Crippen molar-refractivity contribution in [3.8, 4) is 0 Å². The van der Waals surface area contributed by atoms with Gasteiger partial charge in [-0.2, -0.15) is 0 Å². The van der Waals surface area contributed by atoms with E-state index < -0.39 is 0 Å². The number of hydrogen-bond donors (Lipinski definition) is 0. The summed E-state index contributed by atoms with van der Waals surface area (Å²) in [6, 6.07) is 2.76. The highest BCUT2D eigenvalue weighted by molar-refractivity contribution is 5.85. The lowest BCUT2D eigenvalue weighted by Gasteiger charge is -2.42. The maximum Gasteiger partial charge on any atom is 0.180 e. The van der Waals surface area contributed by atoms with Crippen LogP contribution in [0.25, 0.3) is 11.2 Å². The molecule has 0 spiro atoms. The summed E-state index contributed by atoms with van der Waals surface area (Å²) >= 11 is 0. The fourth-order valence-corrected chi connectivity index (χ4v) is 4.37. The van der Waals surface area contributed by atoms with E-state index in [1.54, 1.807) is 12.4 Å². The molecule has 2 aliphatic heterocycles. The van der Waals surface area contributed by atoms with Crippen LogP contribution in [-0.2, 0) is 4.74 Å². The van der Waals surface area contributed by atoms with Gasteiger partial charge in [-0.05, 0) is 53.0 Å². The highest BCUT2D eigenvalue weighted by atomic mass is 16.5. The summed E-state index contributed by atoms with van der Waals surface area (Å²) in [5, 5.41) is 0. The van der Waals surface area contributed by atoms with Crippen LogP contribution in [0.15, 0.2) is 24.7 Å². The summed E-state index contributed by atoms with van der Waals surface area (Å²) in [6.45, 7) is 7.21. The molecule has 7 nitrogen and oxygen atoms in total. The second-order valence-electron chi connectivity index (χ2n) is 8.03. The van der Waals surface area contributed by atoms with Crippen molar-refractivity contribution in [1.82, 2.24) is 24.8 Å². The van der Waals surface area contributed by atoms with Crippen LogP contribution in [0, 0.1) is 0 Å². The molecule has 2 fully saturated rings. The van der Waals surface area contributed by atoms with Crippen LogP contribution >= 0.6 is 0 Å². The molecule has 27 heavy (non-hydrogen) atoms. The zero-order valence-corrected chi connectivity index (χ0v) is 16.6. The number of likely N-dealkylation sites (tertiary alicyclic amines) is 1. The maximum absolute atomic E-state index is 6.28. The Morgan fingerprint density at radius 3 is 2.59 bits per heavy atom. The Hall–Kier alpha value is -1.83. The van der Waals surface area contributed by atoms with Gasteiger partial charge in [0.1, 0.15) is 5.52 Å². The minimum absolute atomic E-state index is 0.197. The van der Waals surface area contributed by atoms with Crippen molar-refractivity contribution in [2.24, 2.45) is 0 Å². The minimum atomic E-state index is 0.197. The Morgan fingerprint density at radius 1 is 1.07 bits per heavy atom. The molecule has 0 aromatic carbocycles. The molecule has 0 amide bonds. The van der Waals surface area contributed by atoms with Gasteiger partial charge in [0.15, 0.2) is 5.65 Å². The van der Waals surface area contributed by atoms with Gasteiger partial charge in [0.25, 0.3) is 0 Å². The number of piperidine rings is 1. The van der Waals surface area contributed by atoms with Crippen molar-refractivity contribution >= 4 is 16.9 Å². The van der Waals surface area contributed by atoms with Gasteiger partial charge in [0, 0.05) is 44.3 Å². The average Bonchev–Trinajstić information content (AvgIpc) is 2.67. The van der Waals surface area contributed by atoms with E-state index in [4.69, 9.17) is 4.74 Å². The molecule has 146 valence electrons. The second-order valence-corrected chi connectivity index (χ2v) is 8.03. The van der Waals surface area contributed by atoms with Crippen LogP contribution in [0.1, 0.15) is 19.8 Å². The Labute approximate surface area is 161 Å². The van der Waals surface area contributed by atoms with Gasteiger partial charge < -0.3 is 19.4 Å². The Morgan fingerprint density at radius 2 is 1.81 bits per heavy atom. The molecule has 4 heterocycles. The molecule has 4 rings (SSSR count).